The standard InChI is InChI=1S/C33H34N10O/c1-22-16-30(41-40-22)31-25(17-34)19-35-32(39-31)38-27-10-14-29(15-11-27)43(33(44)36-18-23-6-4-3-5-7-23)28-12-8-24(9-13-28)26-20-37-42(2)21-26/h3-9,12-13,16,19-21,27,29H,10-11,14-15,18H2,1-2H3,(H,36,44)(H,40,41)(H,35,38,39)/t27-,29-. The van der Waals surface area contributed by atoms with Crippen molar-refractivity contribution in [1.82, 2.24) is 35.3 Å². The van der Waals surface area contributed by atoms with E-state index < -0.39 is 0 Å². The van der Waals surface area contributed by atoms with E-state index in [1.165, 1.54) is 0 Å². The number of H-pyrrole nitrogens is 1. The molecule has 3 heterocycles. The summed E-state index contributed by atoms with van der Waals surface area (Å²) >= 11 is 0. The van der Waals surface area contributed by atoms with Gasteiger partial charge in [-0.1, -0.05) is 42.5 Å². The highest BCUT2D eigenvalue weighted by Gasteiger charge is 2.30. The second kappa shape index (κ2) is 12.8. The zero-order valence-electron chi connectivity index (χ0n) is 24.7. The second-order valence-corrected chi connectivity index (χ2v) is 11.1. The number of hydrogen-bond acceptors (Lipinski definition) is 7. The van der Waals surface area contributed by atoms with Crippen molar-refractivity contribution in [2.24, 2.45) is 7.05 Å². The lowest BCUT2D eigenvalue weighted by atomic mass is 9.90. The first kappa shape index (κ1) is 28.6. The largest absolute Gasteiger partial charge is 0.351 e. The number of aromatic amines is 1. The molecule has 0 radical (unpaired) electrons. The lowest BCUT2D eigenvalue weighted by molar-refractivity contribution is 0.240. The van der Waals surface area contributed by atoms with Crippen molar-refractivity contribution in [3.63, 3.8) is 0 Å². The van der Waals surface area contributed by atoms with Crippen molar-refractivity contribution in [2.45, 2.75) is 51.2 Å². The Morgan fingerprint density at radius 1 is 1.07 bits per heavy atom. The van der Waals surface area contributed by atoms with Crippen LogP contribution >= 0.6 is 0 Å². The molecule has 2 amide bonds. The van der Waals surface area contributed by atoms with Crippen molar-refractivity contribution in [3.05, 3.63) is 96.1 Å². The molecule has 1 aliphatic rings. The average molecular weight is 587 g/mol. The van der Waals surface area contributed by atoms with Crippen LogP contribution in [0.15, 0.2) is 79.3 Å². The molecule has 0 aliphatic heterocycles. The number of amides is 2. The minimum Gasteiger partial charge on any atom is -0.351 e. The Morgan fingerprint density at radius 2 is 1.84 bits per heavy atom. The molecule has 6 rings (SSSR count). The Bertz CT molecular complexity index is 1760. The lowest BCUT2D eigenvalue weighted by Gasteiger charge is -2.37. The van der Waals surface area contributed by atoms with E-state index in [1.54, 1.807) is 10.9 Å². The summed E-state index contributed by atoms with van der Waals surface area (Å²) in [6, 6.07) is 22.1. The number of rotatable bonds is 8. The number of nitrogens with one attached hydrogen (secondary N) is 3. The minimum absolute atomic E-state index is 0.0264. The van der Waals surface area contributed by atoms with Crippen LogP contribution in [-0.4, -0.2) is 48.1 Å². The predicted molar refractivity (Wildman–Crippen MR) is 169 cm³/mol. The topological polar surface area (TPSA) is 140 Å². The summed E-state index contributed by atoms with van der Waals surface area (Å²) in [7, 11) is 1.90. The Labute approximate surface area is 256 Å². The van der Waals surface area contributed by atoms with E-state index >= 15 is 0 Å². The Balaban J connectivity index is 1.17. The van der Waals surface area contributed by atoms with Crippen LogP contribution in [0.1, 0.15) is 42.5 Å². The molecule has 0 bridgehead atoms. The molecule has 1 saturated carbocycles. The van der Waals surface area contributed by atoms with Crippen LogP contribution in [0.25, 0.3) is 22.5 Å². The molecule has 44 heavy (non-hydrogen) atoms. The van der Waals surface area contributed by atoms with Gasteiger partial charge < -0.3 is 10.6 Å². The molecular formula is C33H34N10O. The van der Waals surface area contributed by atoms with Crippen LogP contribution in [0.4, 0.5) is 16.4 Å². The molecule has 0 atom stereocenters. The second-order valence-electron chi connectivity index (χ2n) is 11.1. The van der Waals surface area contributed by atoms with Gasteiger partial charge in [-0.3, -0.25) is 14.7 Å². The van der Waals surface area contributed by atoms with Crippen molar-refractivity contribution in [3.8, 4) is 28.6 Å². The number of hydrogen-bond donors (Lipinski definition) is 3. The molecule has 1 fully saturated rings. The minimum atomic E-state index is -0.116. The highest BCUT2D eigenvalue weighted by molar-refractivity contribution is 5.93. The van der Waals surface area contributed by atoms with Crippen molar-refractivity contribution >= 4 is 17.7 Å². The number of anilines is 2. The van der Waals surface area contributed by atoms with Crippen molar-refractivity contribution in [1.29, 1.82) is 5.26 Å². The maximum absolute atomic E-state index is 13.7. The normalized spacial score (nSPS) is 16.2. The fourth-order valence-electron chi connectivity index (χ4n) is 5.68. The Kier molecular flexibility index (Phi) is 8.32. The molecule has 11 heteroatoms. The van der Waals surface area contributed by atoms with Gasteiger partial charge in [0.25, 0.3) is 0 Å². The van der Waals surface area contributed by atoms with Crippen LogP contribution in [0.2, 0.25) is 0 Å². The van der Waals surface area contributed by atoms with Crippen molar-refractivity contribution < 1.29 is 4.79 Å². The number of urea groups is 1. The summed E-state index contributed by atoms with van der Waals surface area (Å²) in [4.78, 5) is 24.7. The number of nitriles is 1. The SMILES string of the molecule is Cc1cc(-c2nc(N[C@H]3CC[C@H](N(C(=O)NCc4ccccc4)c4ccc(-c5cnn(C)c5)cc4)CC3)ncc2C#N)[nH]n1. The molecule has 11 nitrogen and oxygen atoms in total. The van der Waals surface area contributed by atoms with Crippen LogP contribution < -0.4 is 15.5 Å². The van der Waals surface area contributed by atoms with E-state index in [2.05, 4.69) is 42.0 Å². The van der Waals surface area contributed by atoms with Crippen LogP contribution in [-0.2, 0) is 13.6 Å². The maximum atomic E-state index is 13.7. The average Bonchev–Trinajstić information content (AvgIpc) is 3.70. The van der Waals surface area contributed by atoms with Crippen LogP contribution in [0.5, 0.6) is 0 Å². The van der Waals surface area contributed by atoms with Gasteiger partial charge in [0.15, 0.2) is 0 Å². The zero-order valence-corrected chi connectivity index (χ0v) is 24.7. The summed E-state index contributed by atoms with van der Waals surface area (Å²) < 4.78 is 1.78. The first-order chi connectivity index (χ1) is 21.5. The monoisotopic (exact) mass is 586 g/mol. The highest BCUT2D eigenvalue weighted by Crippen LogP contribution is 2.31. The molecule has 222 valence electrons. The summed E-state index contributed by atoms with van der Waals surface area (Å²) in [5, 5.41) is 27.6. The molecular weight excluding hydrogens is 552 g/mol. The molecule has 3 aromatic heterocycles. The molecule has 5 aromatic rings. The lowest BCUT2D eigenvalue weighted by Crippen LogP contribution is -2.48. The van der Waals surface area contributed by atoms with Gasteiger partial charge in [0.1, 0.15) is 11.8 Å². The fraction of sp³-hybridized carbons (Fsp3) is 0.273. The number of carbonyl (C=O) groups excluding carboxylic acids is 1. The Hall–Kier alpha value is -5.50. The molecule has 3 N–H and O–H groups in total. The maximum Gasteiger partial charge on any atom is 0.322 e. The highest BCUT2D eigenvalue weighted by atomic mass is 16.2. The quantitative estimate of drug-likeness (QED) is 0.215. The third-order valence-electron chi connectivity index (χ3n) is 7.95. The van der Waals surface area contributed by atoms with Gasteiger partial charge in [-0.25, -0.2) is 14.8 Å². The van der Waals surface area contributed by atoms with Gasteiger partial charge in [-0.15, -0.1) is 0 Å². The molecule has 1 aliphatic carbocycles. The van der Waals surface area contributed by atoms with Gasteiger partial charge in [0, 0.05) is 43.1 Å². The number of aromatic nitrogens is 6. The zero-order chi connectivity index (χ0) is 30.5. The van der Waals surface area contributed by atoms with Gasteiger partial charge in [0.05, 0.1) is 29.3 Å². The first-order valence-corrected chi connectivity index (χ1v) is 14.7. The van der Waals surface area contributed by atoms with Gasteiger partial charge in [-0.05, 0) is 61.9 Å². The van der Waals surface area contributed by atoms with E-state index in [0.717, 1.165) is 53.8 Å². The summed E-state index contributed by atoms with van der Waals surface area (Å²) in [6.07, 6.45) is 8.65. The molecule has 2 aromatic carbocycles. The van der Waals surface area contributed by atoms with E-state index in [1.807, 2.05) is 91.9 Å². The van der Waals surface area contributed by atoms with Gasteiger partial charge >= 0.3 is 6.03 Å². The third-order valence-corrected chi connectivity index (χ3v) is 7.95. The van der Waals surface area contributed by atoms with Crippen LogP contribution in [0, 0.1) is 18.3 Å². The number of nitrogens with zero attached hydrogens (tertiary/aromatic N) is 7. The summed E-state index contributed by atoms with van der Waals surface area (Å²) in [5.74, 6) is 0.471. The number of carbonyl (C=O) groups is 1. The molecule has 0 spiro atoms. The van der Waals surface area contributed by atoms with Gasteiger partial charge in [-0.2, -0.15) is 15.5 Å². The van der Waals surface area contributed by atoms with Crippen molar-refractivity contribution in [2.75, 3.05) is 10.2 Å². The number of aryl methyl sites for hydroxylation is 2. The summed E-state index contributed by atoms with van der Waals surface area (Å²) in [6.45, 7) is 2.33. The Morgan fingerprint density at radius 3 is 2.50 bits per heavy atom. The third kappa shape index (κ3) is 6.44. The van der Waals surface area contributed by atoms with E-state index in [0.29, 0.717) is 29.4 Å². The van der Waals surface area contributed by atoms with E-state index in [-0.39, 0.29) is 18.1 Å². The fourth-order valence-corrected chi connectivity index (χ4v) is 5.68. The summed E-state index contributed by atoms with van der Waals surface area (Å²) in [5.41, 5.74) is 6.39. The molecule has 0 saturated heterocycles. The smallest absolute Gasteiger partial charge is 0.322 e. The van der Waals surface area contributed by atoms with E-state index in [4.69, 9.17) is 0 Å². The predicted octanol–water partition coefficient (Wildman–Crippen LogP) is 5.59. The van der Waals surface area contributed by atoms with E-state index in [9.17, 15) is 10.1 Å². The van der Waals surface area contributed by atoms with Gasteiger partial charge in [0.2, 0.25) is 5.95 Å². The molecule has 0 unspecified atom stereocenters. The number of benzene rings is 2. The first-order valence-electron chi connectivity index (χ1n) is 14.7. The van der Waals surface area contributed by atoms with Crippen LogP contribution in [0.3, 0.4) is 0 Å².